The van der Waals surface area contributed by atoms with Gasteiger partial charge < -0.3 is 20.0 Å². The third kappa shape index (κ3) is 5.18. The molecule has 18 heavy (non-hydrogen) atoms. The van der Waals surface area contributed by atoms with Crippen LogP contribution in [0, 0.1) is 0 Å². The van der Waals surface area contributed by atoms with Gasteiger partial charge in [0.25, 0.3) is 0 Å². The Labute approximate surface area is 113 Å². The molecular weight excluding hydrogens is 302 g/mol. The highest BCUT2D eigenvalue weighted by atomic mass is 79.9. The summed E-state index contributed by atoms with van der Waals surface area (Å²) in [6.07, 6.45) is -0.531. The van der Waals surface area contributed by atoms with Crippen LogP contribution in [0.1, 0.15) is 12.0 Å². The van der Waals surface area contributed by atoms with Crippen LogP contribution in [0.2, 0.25) is 0 Å². The van der Waals surface area contributed by atoms with Crippen molar-refractivity contribution in [1.29, 1.82) is 0 Å². The molecule has 0 saturated heterocycles. The normalized spacial score (nSPS) is 11.6. The van der Waals surface area contributed by atoms with Crippen LogP contribution in [0.5, 0.6) is 0 Å². The molecule has 0 aromatic heterocycles. The van der Waals surface area contributed by atoms with Gasteiger partial charge in [-0.2, -0.15) is 0 Å². The molecule has 1 unspecified atom stereocenters. The van der Waals surface area contributed by atoms with E-state index in [1.54, 1.807) is 0 Å². The molecule has 0 heterocycles. The van der Waals surface area contributed by atoms with Crippen molar-refractivity contribution in [1.82, 2.24) is 5.32 Å². The largest absolute Gasteiger partial charge is 0.548 e. The quantitative estimate of drug-likeness (QED) is 0.788. The lowest BCUT2D eigenvalue weighted by Crippen LogP contribution is -2.48. The van der Waals surface area contributed by atoms with Gasteiger partial charge in [0.15, 0.2) is 0 Å². The molecule has 1 rings (SSSR count). The van der Waals surface area contributed by atoms with Gasteiger partial charge in [-0.25, -0.2) is 4.79 Å². The molecule has 1 N–H and O–H groups in total. The maximum absolute atomic E-state index is 11.4. The number of carboxylic acids is 1. The zero-order valence-corrected chi connectivity index (χ0v) is 11.2. The van der Waals surface area contributed by atoms with Crippen molar-refractivity contribution in [2.24, 2.45) is 0 Å². The summed E-state index contributed by atoms with van der Waals surface area (Å²) >= 11 is 3.10. The third-order valence-corrected chi connectivity index (χ3v) is 2.64. The molecule has 1 aromatic rings. The average Bonchev–Trinajstić information content (AvgIpc) is 2.37. The number of aliphatic carboxylic acids is 1. The van der Waals surface area contributed by atoms with E-state index < -0.39 is 18.1 Å². The minimum absolute atomic E-state index is 0.0980. The molecule has 1 amide bonds. The first-order chi connectivity index (χ1) is 8.63. The monoisotopic (exact) mass is 314 g/mol. The van der Waals surface area contributed by atoms with Crippen LogP contribution in [-0.2, 0) is 16.1 Å². The van der Waals surface area contributed by atoms with Gasteiger partial charge in [0, 0.05) is 5.33 Å². The highest BCUT2D eigenvalue weighted by Crippen LogP contribution is 2.01. The lowest BCUT2D eigenvalue weighted by Gasteiger charge is -2.18. The van der Waals surface area contributed by atoms with Gasteiger partial charge >= 0.3 is 6.09 Å². The standard InChI is InChI=1S/C12H14BrNO4/c13-7-6-10(11(15)16)14-12(17)18-8-9-4-2-1-3-5-9/h1-5,10H,6-8H2,(H,14,17)(H,15,16)/p-1. The molecule has 0 aliphatic rings. The van der Waals surface area contributed by atoms with Crippen LogP contribution >= 0.6 is 15.9 Å². The molecule has 5 nitrogen and oxygen atoms in total. The number of hydrogen-bond acceptors (Lipinski definition) is 4. The van der Waals surface area contributed by atoms with Gasteiger partial charge in [0.05, 0.1) is 12.0 Å². The zero-order valence-electron chi connectivity index (χ0n) is 9.60. The first-order valence-electron chi connectivity index (χ1n) is 5.37. The molecule has 98 valence electrons. The number of hydrogen-bond donors (Lipinski definition) is 1. The second kappa shape index (κ2) is 7.71. The summed E-state index contributed by atoms with van der Waals surface area (Å²) in [5.41, 5.74) is 0.832. The number of rotatable bonds is 6. The smallest absolute Gasteiger partial charge is 0.407 e. The van der Waals surface area contributed by atoms with E-state index in [2.05, 4.69) is 21.2 Å². The van der Waals surface area contributed by atoms with E-state index in [-0.39, 0.29) is 13.0 Å². The second-order valence-corrected chi connectivity index (χ2v) is 4.35. The SMILES string of the molecule is O=C(NC(CCBr)C(=O)[O-])OCc1ccccc1. The molecule has 0 radical (unpaired) electrons. The highest BCUT2D eigenvalue weighted by Gasteiger charge is 2.13. The number of amides is 1. The predicted molar refractivity (Wildman–Crippen MR) is 67.0 cm³/mol. The van der Waals surface area contributed by atoms with Crippen molar-refractivity contribution < 1.29 is 19.4 Å². The number of benzene rings is 1. The summed E-state index contributed by atoms with van der Waals surface area (Å²) in [4.78, 5) is 22.1. The van der Waals surface area contributed by atoms with Crippen molar-refractivity contribution in [3.05, 3.63) is 35.9 Å². The van der Waals surface area contributed by atoms with E-state index in [1.807, 2.05) is 30.3 Å². The summed E-state index contributed by atoms with van der Waals surface area (Å²) in [5.74, 6) is -1.33. The maximum Gasteiger partial charge on any atom is 0.407 e. The minimum atomic E-state index is -1.33. The molecule has 0 saturated carbocycles. The van der Waals surface area contributed by atoms with Crippen LogP contribution in [-0.4, -0.2) is 23.4 Å². The van der Waals surface area contributed by atoms with E-state index >= 15 is 0 Å². The number of carboxylic acid groups (broad SMARTS) is 1. The number of nitrogens with one attached hydrogen (secondary N) is 1. The Morgan fingerprint density at radius 3 is 2.56 bits per heavy atom. The minimum Gasteiger partial charge on any atom is -0.548 e. The Kier molecular flexibility index (Phi) is 6.21. The van der Waals surface area contributed by atoms with Crippen molar-refractivity contribution in [2.45, 2.75) is 19.1 Å². The summed E-state index contributed by atoms with van der Waals surface area (Å²) in [5, 5.41) is 13.4. The summed E-state index contributed by atoms with van der Waals surface area (Å²) in [7, 11) is 0. The molecule has 1 aromatic carbocycles. The Morgan fingerprint density at radius 2 is 2.00 bits per heavy atom. The van der Waals surface area contributed by atoms with E-state index in [0.29, 0.717) is 5.33 Å². The first kappa shape index (κ1) is 14.5. The van der Waals surface area contributed by atoms with E-state index in [4.69, 9.17) is 4.74 Å². The van der Waals surface area contributed by atoms with Crippen molar-refractivity contribution in [3.63, 3.8) is 0 Å². The van der Waals surface area contributed by atoms with Crippen molar-refractivity contribution in [3.8, 4) is 0 Å². The van der Waals surface area contributed by atoms with Crippen LogP contribution < -0.4 is 10.4 Å². The lowest BCUT2D eigenvalue weighted by atomic mass is 10.2. The number of ether oxygens (including phenoxy) is 1. The Balaban J connectivity index is 2.39. The fourth-order valence-electron chi connectivity index (χ4n) is 1.27. The Morgan fingerprint density at radius 1 is 1.33 bits per heavy atom. The van der Waals surface area contributed by atoms with Gasteiger partial charge in [0.1, 0.15) is 6.61 Å². The number of carbonyl (C=O) groups excluding carboxylic acids is 2. The number of carbonyl (C=O) groups is 2. The van der Waals surface area contributed by atoms with Gasteiger partial charge in [-0.15, -0.1) is 0 Å². The molecular formula is C12H13BrNO4-. The summed E-state index contributed by atoms with van der Waals surface area (Å²) < 4.78 is 4.90. The van der Waals surface area contributed by atoms with Gasteiger partial charge in [-0.1, -0.05) is 46.3 Å². The lowest BCUT2D eigenvalue weighted by molar-refractivity contribution is -0.308. The molecule has 1 atom stereocenters. The van der Waals surface area contributed by atoms with Gasteiger partial charge in [-0.05, 0) is 12.0 Å². The summed E-state index contributed by atoms with van der Waals surface area (Å²) in [6, 6.07) is 8.07. The molecule has 0 bridgehead atoms. The summed E-state index contributed by atoms with van der Waals surface area (Å²) in [6.45, 7) is 0.0980. The van der Waals surface area contributed by atoms with E-state index in [9.17, 15) is 14.7 Å². The second-order valence-electron chi connectivity index (χ2n) is 3.56. The van der Waals surface area contributed by atoms with Crippen LogP contribution in [0.3, 0.4) is 0 Å². The van der Waals surface area contributed by atoms with Gasteiger partial charge in [0.2, 0.25) is 0 Å². The van der Waals surface area contributed by atoms with Crippen LogP contribution in [0.25, 0.3) is 0 Å². The van der Waals surface area contributed by atoms with Crippen LogP contribution in [0.4, 0.5) is 4.79 Å². The zero-order chi connectivity index (χ0) is 13.4. The first-order valence-corrected chi connectivity index (χ1v) is 6.49. The molecule has 0 aliphatic heterocycles. The third-order valence-electron chi connectivity index (χ3n) is 2.19. The topological polar surface area (TPSA) is 78.5 Å². The average molecular weight is 315 g/mol. The van der Waals surface area contributed by atoms with Crippen LogP contribution in [0.15, 0.2) is 30.3 Å². The molecule has 6 heteroatoms. The maximum atomic E-state index is 11.4. The number of alkyl carbamates (subject to hydrolysis) is 1. The fourth-order valence-corrected chi connectivity index (χ4v) is 1.72. The van der Waals surface area contributed by atoms with E-state index in [0.717, 1.165) is 5.56 Å². The Bertz CT molecular complexity index is 396. The predicted octanol–water partition coefficient (Wildman–Crippen LogP) is 0.816. The van der Waals surface area contributed by atoms with E-state index in [1.165, 1.54) is 0 Å². The van der Waals surface area contributed by atoms with Crippen molar-refractivity contribution in [2.75, 3.05) is 5.33 Å². The number of alkyl halides is 1. The highest BCUT2D eigenvalue weighted by molar-refractivity contribution is 9.09. The Hall–Kier alpha value is -1.56. The van der Waals surface area contributed by atoms with Crippen molar-refractivity contribution >= 4 is 28.0 Å². The molecule has 0 fully saturated rings. The number of halogens is 1. The van der Waals surface area contributed by atoms with Gasteiger partial charge in [-0.3, -0.25) is 0 Å². The fraction of sp³-hybridized carbons (Fsp3) is 0.333. The molecule has 0 spiro atoms. The molecule has 0 aliphatic carbocycles.